The van der Waals surface area contributed by atoms with E-state index in [0.717, 1.165) is 19.7 Å². The highest BCUT2D eigenvalue weighted by Crippen LogP contribution is 2.00. The van der Waals surface area contributed by atoms with Gasteiger partial charge in [-0.15, -0.1) is 0 Å². The van der Waals surface area contributed by atoms with Crippen molar-refractivity contribution in [1.82, 2.24) is 4.90 Å². The maximum atomic E-state index is 5.61. The van der Waals surface area contributed by atoms with E-state index in [2.05, 4.69) is 32.7 Å². The first-order valence-corrected chi connectivity index (χ1v) is 5.00. The molecule has 2 heteroatoms. The van der Waals surface area contributed by atoms with Crippen LogP contribution in [0.25, 0.3) is 0 Å². The highest BCUT2D eigenvalue weighted by molar-refractivity contribution is 4.50. The average molecular weight is 173 g/mol. The number of rotatable bonds is 7. The van der Waals surface area contributed by atoms with E-state index in [1.807, 2.05) is 0 Å². The summed E-state index contributed by atoms with van der Waals surface area (Å²) in [6, 6.07) is 0. The third-order valence-corrected chi connectivity index (χ3v) is 2.11. The molecule has 0 saturated heterocycles. The van der Waals surface area contributed by atoms with Crippen molar-refractivity contribution in [2.24, 2.45) is 0 Å². The molecule has 0 unspecified atom stereocenters. The molecule has 12 heavy (non-hydrogen) atoms. The molecule has 0 amide bonds. The van der Waals surface area contributed by atoms with E-state index in [1.54, 1.807) is 0 Å². The van der Waals surface area contributed by atoms with Crippen molar-refractivity contribution >= 4 is 0 Å². The number of likely N-dealkylation sites (N-methyl/N-ethyl adjacent to an activating group) is 1. The topological polar surface area (TPSA) is 12.5 Å². The van der Waals surface area contributed by atoms with E-state index in [9.17, 15) is 0 Å². The van der Waals surface area contributed by atoms with Crippen LogP contribution >= 0.6 is 0 Å². The molecule has 0 aliphatic carbocycles. The van der Waals surface area contributed by atoms with Gasteiger partial charge in [-0.05, 0) is 26.9 Å². The van der Waals surface area contributed by atoms with Crippen molar-refractivity contribution in [3.8, 4) is 0 Å². The summed E-state index contributed by atoms with van der Waals surface area (Å²) < 4.78 is 5.61. The second-order valence-electron chi connectivity index (χ2n) is 3.37. The summed E-state index contributed by atoms with van der Waals surface area (Å²) in [6.45, 7) is 9.52. The monoisotopic (exact) mass is 173 g/mol. The van der Waals surface area contributed by atoms with Crippen LogP contribution in [-0.4, -0.2) is 37.7 Å². The molecule has 74 valence electrons. The van der Waals surface area contributed by atoms with Gasteiger partial charge in [-0.25, -0.2) is 0 Å². The number of hydrogen-bond donors (Lipinski definition) is 0. The van der Waals surface area contributed by atoms with Gasteiger partial charge >= 0.3 is 0 Å². The summed E-state index contributed by atoms with van der Waals surface area (Å²) >= 11 is 0. The Bertz CT molecular complexity index is 95.8. The molecular weight excluding hydrogens is 150 g/mol. The van der Waals surface area contributed by atoms with Gasteiger partial charge in [0.05, 0.1) is 12.7 Å². The molecule has 0 N–H and O–H groups in total. The van der Waals surface area contributed by atoms with Crippen molar-refractivity contribution < 1.29 is 4.74 Å². The van der Waals surface area contributed by atoms with Crippen LogP contribution in [-0.2, 0) is 4.74 Å². The van der Waals surface area contributed by atoms with Crippen molar-refractivity contribution in [2.45, 2.75) is 39.7 Å². The third kappa shape index (κ3) is 6.62. The molecule has 0 heterocycles. The summed E-state index contributed by atoms with van der Waals surface area (Å²) in [5.74, 6) is 0. The Labute approximate surface area is 76.9 Å². The molecule has 0 aliphatic rings. The molecule has 0 aliphatic heterocycles. The molecule has 0 aromatic heterocycles. The molecule has 0 rings (SSSR count). The fraction of sp³-hybridized carbons (Fsp3) is 1.00. The number of hydrogen-bond acceptors (Lipinski definition) is 2. The van der Waals surface area contributed by atoms with Gasteiger partial charge in [-0.2, -0.15) is 0 Å². The lowest BCUT2D eigenvalue weighted by atomic mass is 10.2. The molecule has 0 aromatic rings. The van der Waals surface area contributed by atoms with Gasteiger partial charge in [0.15, 0.2) is 0 Å². The van der Waals surface area contributed by atoms with Crippen LogP contribution in [0, 0.1) is 0 Å². The Balaban J connectivity index is 3.18. The normalized spacial score (nSPS) is 13.8. The Kier molecular flexibility index (Phi) is 7.51. The fourth-order valence-electron chi connectivity index (χ4n) is 1.06. The van der Waals surface area contributed by atoms with Gasteiger partial charge in [0.2, 0.25) is 0 Å². The second-order valence-corrected chi connectivity index (χ2v) is 3.37. The largest absolute Gasteiger partial charge is 0.377 e. The summed E-state index contributed by atoms with van der Waals surface area (Å²) in [4.78, 5) is 2.26. The zero-order valence-corrected chi connectivity index (χ0v) is 8.97. The van der Waals surface area contributed by atoms with Crippen LogP contribution in [0.3, 0.4) is 0 Å². The molecular formula is C10H23NO. The Morgan fingerprint density at radius 2 is 2.00 bits per heavy atom. The second kappa shape index (κ2) is 7.56. The fourth-order valence-corrected chi connectivity index (χ4v) is 1.06. The Morgan fingerprint density at radius 1 is 1.33 bits per heavy atom. The minimum Gasteiger partial charge on any atom is -0.377 e. The quantitative estimate of drug-likeness (QED) is 0.585. The highest BCUT2D eigenvalue weighted by Gasteiger charge is 2.00. The van der Waals surface area contributed by atoms with Gasteiger partial charge in [-0.3, -0.25) is 0 Å². The standard InChI is InChI=1S/C10H23NO/c1-5-7-10(3)12-9-8-11(4)6-2/h10H,5-9H2,1-4H3/t10-/m0/s1. The maximum Gasteiger partial charge on any atom is 0.0596 e. The minimum absolute atomic E-state index is 0.431. The molecule has 0 saturated carbocycles. The lowest BCUT2D eigenvalue weighted by Gasteiger charge is -2.16. The van der Waals surface area contributed by atoms with Crippen LogP contribution in [0.5, 0.6) is 0 Å². The van der Waals surface area contributed by atoms with Crippen molar-refractivity contribution in [3.05, 3.63) is 0 Å². The predicted molar refractivity (Wildman–Crippen MR) is 53.5 cm³/mol. The van der Waals surface area contributed by atoms with Gasteiger partial charge in [-0.1, -0.05) is 20.3 Å². The molecule has 0 bridgehead atoms. The Morgan fingerprint density at radius 3 is 2.50 bits per heavy atom. The summed E-state index contributed by atoms with van der Waals surface area (Å²) in [6.07, 6.45) is 2.82. The summed E-state index contributed by atoms with van der Waals surface area (Å²) in [7, 11) is 2.12. The van der Waals surface area contributed by atoms with Crippen LogP contribution in [0.4, 0.5) is 0 Å². The van der Waals surface area contributed by atoms with E-state index in [4.69, 9.17) is 4.74 Å². The van der Waals surface area contributed by atoms with Gasteiger partial charge in [0, 0.05) is 6.54 Å². The van der Waals surface area contributed by atoms with Gasteiger partial charge in [0.1, 0.15) is 0 Å². The third-order valence-electron chi connectivity index (χ3n) is 2.11. The van der Waals surface area contributed by atoms with Crippen LogP contribution < -0.4 is 0 Å². The predicted octanol–water partition coefficient (Wildman–Crippen LogP) is 2.14. The summed E-state index contributed by atoms with van der Waals surface area (Å²) in [5.41, 5.74) is 0. The van der Waals surface area contributed by atoms with E-state index >= 15 is 0 Å². The zero-order valence-electron chi connectivity index (χ0n) is 8.97. The van der Waals surface area contributed by atoms with Crippen LogP contribution in [0.2, 0.25) is 0 Å². The number of ether oxygens (including phenoxy) is 1. The molecule has 0 aromatic carbocycles. The van der Waals surface area contributed by atoms with Crippen LogP contribution in [0.1, 0.15) is 33.6 Å². The molecule has 0 spiro atoms. The van der Waals surface area contributed by atoms with E-state index in [1.165, 1.54) is 12.8 Å². The van der Waals surface area contributed by atoms with Crippen molar-refractivity contribution in [2.75, 3.05) is 26.7 Å². The molecule has 0 fully saturated rings. The van der Waals surface area contributed by atoms with E-state index < -0.39 is 0 Å². The van der Waals surface area contributed by atoms with Crippen molar-refractivity contribution in [3.63, 3.8) is 0 Å². The van der Waals surface area contributed by atoms with Gasteiger partial charge in [0.25, 0.3) is 0 Å². The van der Waals surface area contributed by atoms with E-state index in [0.29, 0.717) is 6.10 Å². The minimum atomic E-state index is 0.431. The van der Waals surface area contributed by atoms with Crippen molar-refractivity contribution in [1.29, 1.82) is 0 Å². The van der Waals surface area contributed by atoms with E-state index in [-0.39, 0.29) is 0 Å². The number of nitrogens with zero attached hydrogens (tertiary/aromatic N) is 1. The first-order valence-electron chi connectivity index (χ1n) is 5.00. The SMILES string of the molecule is CCC[C@H](C)OCCN(C)CC. The average Bonchev–Trinajstić information content (AvgIpc) is 2.04. The summed E-state index contributed by atoms with van der Waals surface area (Å²) in [5, 5.41) is 0. The maximum absolute atomic E-state index is 5.61. The first-order chi connectivity index (χ1) is 5.70. The molecule has 1 atom stereocenters. The highest BCUT2D eigenvalue weighted by atomic mass is 16.5. The smallest absolute Gasteiger partial charge is 0.0596 e. The lowest BCUT2D eigenvalue weighted by molar-refractivity contribution is 0.0479. The molecule has 0 radical (unpaired) electrons. The van der Waals surface area contributed by atoms with Crippen LogP contribution in [0.15, 0.2) is 0 Å². The Hall–Kier alpha value is -0.0800. The lowest BCUT2D eigenvalue weighted by Crippen LogP contribution is -2.24. The first kappa shape index (κ1) is 11.9. The molecule has 2 nitrogen and oxygen atoms in total. The zero-order chi connectivity index (χ0) is 9.40. The van der Waals surface area contributed by atoms with Gasteiger partial charge < -0.3 is 9.64 Å².